The standard InChI is InChI=1S/C14H12BF3O4/c1-9-8-12(6-7-13(9)15(19)20)21-10-2-4-11(5-3-10)22-14(16,17)18/h2-8,19-20H,1H3. The molecule has 0 unspecified atom stereocenters. The van der Waals surface area contributed by atoms with Crippen molar-refractivity contribution in [1.29, 1.82) is 0 Å². The van der Waals surface area contributed by atoms with Gasteiger partial charge in [-0.2, -0.15) is 0 Å². The highest BCUT2D eigenvalue weighted by Crippen LogP contribution is 2.27. The van der Waals surface area contributed by atoms with Crippen LogP contribution in [0.2, 0.25) is 0 Å². The Morgan fingerprint density at radius 2 is 1.45 bits per heavy atom. The first-order valence-electron chi connectivity index (χ1n) is 6.25. The van der Waals surface area contributed by atoms with Gasteiger partial charge in [-0.25, -0.2) is 0 Å². The number of benzene rings is 2. The molecule has 0 aliphatic carbocycles. The normalized spacial score (nSPS) is 11.2. The van der Waals surface area contributed by atoms with Crippen LogP contribution in [0.5, 0.6) is 17.2 Å². The molecule has 116 valence electrons. The molecule has 0 amide bonds. The number of rotatable bonds is 4. The van der Waals surface area contributed by atoms with Crippen molar-refractivity contribution in [2.45, 2.75) is 13.3 Å². The van der Waals surface area contributed by atoms with Gasteiger partial charge in [0.25, 0.3) is 0 Å². The molecule has 0 fully saturated rings. The van der Waals surface area contributed by atoms with E-state index in [4.69, 9.17) is 14.8 Å². The van der Waals surface area contributed by atoms with Gasteiger partial charge in [-0.15, -0.1) is 13.2 Å². The molecule has 0 aliphatic heterocycles. The van der Waals surface area contributed by atoms with Crippen molar-refractivity contribution >= 4 is 12.6 Å². The lowest BCUT2D eigenvalue weighted by Crippen LogP contribution is -2.31. The topological polar surface area (TPSA) is 58.9 Å². The van der Waals surface area contributed by atoms with Crippen LogP contribution in [0.4, 0.5) is 13.2 Å². The molecule has 4 nitrogen and oxygen atoms in total. The molecule has 0 saturated carbocycles. The predicted octanol–water partition coefficient (Wildman–Crippen LogP) is 2.37. The zero-order chi connectivity index (χ0) is 16.3. The second kappa shape index (κ2) is 6.29. The Balaban J connectivity index is 2.09. The summed E-state index contributed by atoms with van der Waals surface area (Å²) < 4.78 is 45.4. The van der Waals surface area contributed by atoms with Crippen molar-refractivity contribution in [3.8, 4) is 17.2 Å². The molecule has 2 aromatic carbocycles. The minimum absolute atomic E-state index is 0.325. The average Bonchev–Trinajstić information content (AvgIpc) is 2.39. The van der Waals surface area contributed by atoms with Gasteiger partial charge in [-0.1, -0.05) is 6.07 Å². The highest BCUT2D eigenvalue weighted by Gasteiger charge is 2.30. The summed E-state index contributed by atoms with van der Waals surface area (Å²) in [5, 5.41) is 18.2. The van der Waals surface area contributed by atoms with Crippen molar-refractivity contribution in [1.82, 2.24) is 0 Å². The van der Waals surface area contributed by atoms with Crippen LogP contribution in [-0.2, 0) is 0 Å². The van der Waals surface area contributed by atoms with Gasteiger partial charge in [0.15, 0.2) is 0 Å². The van der Waals surface area contributed by atoms with E-state index in [9.17, 15) is 13.2 Å². The second-order valence-electron chi connectivity index (χ2n) is 4.51. The number of ether oxygens (including phenoxy) is 2. The molecule has 0 aliphatic rings. The Bertz CT molecular complexity index is 642. The van der Waals surface area contributed by atoms with Gasteiger partial charge in [0, 0.05) is 0 Å². The maximum absolute atomic E-state index is 12.0. The Hall–Kier alpha value is -2.19. The molecule has 2 aromatic rings. The number of aryl methyl sites for hydroxylation is 1. The quantitative estimate of drug-likeness (QED) is 0.851. The molecule has 0 radical (unpaired) electrons. The van der Waals surface area contributed by atoms with Crippen LogP contribution in [0.3, 0.4) is 0 Å². The van der Waals surface area contributed by atoms with E-state index in [1.54, 1.807) is 13.0 Å². The van der Waals surface area contributed by atoms with Gasteiger partial charge in [0.1, 0.15) is 17.2 Å². The van der Waals surface area contributed by atoms with E-state index < -0.39 is 13.5 Å². The largest absolute Gasteiger partial charge is 0.573 e. The molecule has 0 bridgehead atoms. The fourth-order valence-corrected chi connectivity index (χ4v) is 1.85. The molecular formula is C14H12BF3O4. The van der Waals surface area contributed by atoms with E-state index >= 15 is 0 Å². The lowest BCUT2D eigenvalue weighted by atomic mass is 9.77. The molecule has 0 aromatic heterocycles. The summed E-state index contributed by atoms with van der Waals surface area (Å²) in [6.07, 6.45) is -4.74. The molecule has 0 atom stereocenters. The van der Waals surface area contributed by atoms with Gasteiger partial charge in [0.2, 0.25) is 0 Å². The molecule has 0 saturated heterocycles. The summed E-state index contributed by atoms with van der Waals surface area (Å²) in [5.74, 6) is 0.410. The summed E-state index contributed by atoms with van der Waals surface area (Å²) >= 11 is 0. The first kappa shape index (κ1) is 16.2. The van der Waals surface area contributed by atoms with E-state index in [-0.39, 0.29) is 5.75 Å². The number of alkyl halides is 3. The van der Waals surface area contributed by atoms with Crippen LogP contribution in [0.1, 0.15) is 5.56 Å². The minimum atomic E-state index is -4.74. The minimum Gasteiger partial charge on any atom is -0.457 e. The van der Waals surface area contributed by atoms with Crippen LogP contribution in [-0.4, -0.2) is 23.5 Å². The predicted molar refractivity (Wildman–Crippen MR) is 74.2 cm³/mol. The summed E-state index contributed by atoms with van der Waals surface area (Å²) in [5.41, 5.74) is 0.964. The van der Waals surface area contributed by atoms with E-state index in [0.717, 1.165) is 12.1 Å². The van der Waals surface area contributed by atoms with E-state index in [0.29, 0.717) is 22.5 Å². The molecule has 0 heterocycles. The third kappa shape index (κ3) is 4.41. The maximum Gasteiger partial charge on any atom is 0.573 e. The molecule has 2 N–H and O–H groups in total. The van der Waals surface area contributed by atoms with Crippen LogP contribution in [0.15, 0.2) is 42.5 Å². The fraction of sp³-hybridized carbons (Fsp3) is 0.143. The van der Waals surface area contributed by atoms with Gasteiger partial charge < -0.3 is 19.5 Å². The Labute approximate surface area is 124 Å². The molecule has 22 heavy (non-hydrogen) atoms. The SMILES string of the molecule is Cc1cc(Oc2ccc(OC(F)(F)F)cc2)ccc1B(O)O. The van der Waals surface area contributed by atoms with E-state index in [1.165, 1.54) is 24.3 Å². The third-order valence-electron chi connectivity index (χ3n) is 2.81. The molecule has 8 heteroatoms. The third-order valence-corrected chi connectivity index (χ3v) is 2.81. The zero-order valence-corrected chi connectivity index (χ0v) is 11.5. The van der Waals surface area contributed by atoms with Gasteiger partial charge in [-0.3, -0.25) is 0 Å². The number of hydrogen-bond acceptors (Lipinski definition) is 4. The van der Waals surface area contributed by atoms with Gasteiger partial charge in [-0.05, 0) is 54.3 Å². The first-order valence-corrected chi connectivity index (χ1v) is 6.25. The summed E-state index contributed by atoms with van der Waals surface area (Å²) in [6.45, 7) is 1.68. The van der Waals surface area contributed by atoms with Crippen molar-refractivity contribution in [3.05, 3.63) is 48.0 Å². The van der Waals surface area contributed by atoms with Crippen LogP contribution in [0, 0.1) is 6.92 Å². The summed E-state index contributed by atoms with van der Waals surface area (Å²) in [6, 6.07) is 9.58. The van der Waals surface area contributed by atoms with E-state index in [1.807, 2.05) is 0 Å². The maximum atomic E-state index is 12.0. The van der Waals surface area contributed by atoms with Gasteiger partial charge >= 0.3 is 13.5 Å². The van der Waals surface area contributed by atoms with E-state index in [2.05, 4.69) is 4.74 Å². The van der Waals surface area contributed by atoms with Crippen LogP contribution >= 0.6 is 0 Å². The van der Waals surface area contributed by atoms with Crippen molar-refractivity contribution in [2.24, 2.45) is 0 Å². The Morgan fingerprint density at radius 1 is 0.909 bits per heavy atom. The fourth-order valence-electron chi connectivity index (χ4n) is 1.85. The highest BCUT2D eigenvalue weighted by atomic mass is 19.4. The Kier molecular flexibility index (Phi) is 4.63. The lowest BCUT2D eigenvalue weighted by Gasteiger charge is -2.11. The van der Waals surface area contributed by atoms with Crippen LogP contribution < -0.4 is 14.9 Å². The lowest BCUT2D eigenvalue weighted by molar-refractivity contribution is -0.274. The smallest absolute Gasteiger partial charge is 0.457 e. The second-order valence-corrected chi connectivity index (χ2v) is 4.51. The molecule has 2 rings (SSSR count). The Morgan fingerprint density at radius 3 is 1.95 bits per heavy atom. The summed E-state index contributed by atoms with van der Waals surface area (Å²) in [7, 11) is -1.58. The molecule has 0 spiro atoms. The summed E-state index contributed by atoms with van der Waals surface area (Å²) in [4.78, 5) is 0. The first-order chi connectivity index (χ1) is 10.2. The van der Waals surface area contributed by atoms with Crippen molar-refractivity contribution < 1.29 is 32.7 Å². The highest BCUT2D eigenvalue weighted by molar-refractivity contribution is 6.59. The average molecular weight is 312 g/mol. The zero-order valence-electron chi connectivity index (χ0n) is 11.5. The number of halogens is 3. The van der Waals surface area contributed by atoms with Gasteiger partial charge in [0.05, 0.1) is 0 Å². The van der Waals surface area contributed by atoms with Crippen LogP contribution in [0.25, 0.3) is 0 Å². The van der Waals surface area contributed by atoms with Crippen molar-refractivity contribution in [2.75, 3.05) is 0 Å². The monoisotopic (exact) mass is 312 g/mol. The number of hydrogen-bond donors (Lipinski definition) is 2. The van der Waals surface area contributed by atoms with Crippen molar-refractivity contribution in [3.63, 3.8) is 0 Å². The molecular weight excluding hydrogens is 300 g/mol.